The van der Waals surface area contributed by atoms with Crippen molar-refractivity contribution in [3.63, 3.8) is 0 Å². The largest absolute Gasteiger partial charge is 0.399 e. The van der Waals surface area contributed by atoms with E-state index >= 15 is 0 Å². The molecule has 0 radical (unpaired) electrons. The number of anilines is 1. The summed E-state index contributed by atoms with van der Waals surface area (Å²) < 4.78 is 0. The molecular weight excluding hydrogens is 232 g/mol. The molecule has 0 saturated carbocycles. The number of rotatable bonds is 2. The molecule has 0 bridgehead atoms. The van der Waals surface area contributed by atoms with Crippen LogP contribution in [-0.4, -0.2) is 4.98 Å². The van der Waals surface area contributed by atoms with E-state index in [0.717, 1.165) is 11.2 Å². The third-order valence-electron chi connectivity index (χ3n) is 3.59. The molecule has 0 fully saturated rings. The predicted octanol–water partition coefficient (Wildman–Crippen LogP) is 4.54. The van der Waals surface area contributed by atoms with Gasteiger partial charge >= 0.3 is 0 Å². The van der Waals surface area contributed by atoms with Gasteiger partial charge in [-0.15, -0.1) is 0 Å². The van der Waals surface area contributed by atoms with Gasteiger partial charge in [0.05, 0.1) is 0 Å². The number of nitrogen functional groups attached to an aromatic ring is 1. The van der Waals surface area contributed by atoms with Gasteiger partial charge in [0.2, 0.25) is 0 Å². The van der Waals surface area contributed by atoms with Gasteiger partial charge in [-0.25, -0.2) is 0 Å². The lowest BCUT2D eigenvalue weighted by Gasteiger charge is -2.06. The molecule has 0 aliphatic carbocycles. The predicted molar refractivity (Wildman–Crippen MR) is 82.2 cm³/mol. The summed E-state index contributed by atoms with van der Waals surface area (Å²) in [6.07, 6.45) is 2.05. The maximum absolute atomic E-state index is 5.88. The Labute approximate surface area is 113 Å². The van der Waals surface area contributed by atoms with Crippen LogP contribution in [0.1, 0.15) is 25.3 Å². The summed E-state index contributed by atoms with van der Waals surface area (Å²) in [4.78, 5) is 3.30. The molecule has 19 heavy (non-hydrogen) atoms. The van der Waals surface area contributed by atoms with Crippen molar-refractivity contribution in [3.05, 3.63) is 54.2 Å². The highest BCUT2D eigenvalue weighted by Crippen LogP contribution is 2.30. The van der Waals surface area contributed by atoms with Crippen molar-refractivity contribution in [3.8, 4) is 11.1 Å². The minimum absolute atomic E-state index is 0.563. The Balaban J connectivity index is 2.11. The number of hydrogen-bond acceptors (Lipinski definition) is 1. The van der Waals surface area contributed by atoms with Crippen LogP contribution in [-0.2, 0) is 0 Å². The zero-order valence-electron chi connectivity index (χ0n) is 11.3. The summed E-state index contributed by atoms with van der Waals surface area (Å²) in [6, 6.07) is 14.7. The van der Waals surface area contributed by atoms with E-state index in [1.54, 1.807) is 0 Å². The zero-order valence-corrected chi connectivity index (χ0v) is 11.3. The molecule has 0 spiro atoms. The smallest absolute Gasteiger partial charge is 0.0461 e. The molecule has 1 aromatic heterocycles. The van der Waals surface area contributed by atoms with E-state index in [1.165, 1.54) is 22.1 Å². The Morgan fingerprint density at radius 3 is 2.42 bits per heavy atom. The van der Waals surface area contributed by atoms with Gasteiger partial charge in [-0.1, -0.05) is 38.1 Å². The fourth-order valence-corrected chi connectivity index (χ4v) is 2.42. The number of hydrogen-bond donors (Lipinski definition) is 2. The number of H-pyrrole nitrogens is 1. The lowest BCUT2D eigenvalue weighted by atomic mass is 9.98. The number of nitrogens with two attached hydrogens (primary N) is 1. The van der Waals surface area contributed by atoms with Crippen LogP contribution in [0.25, 0.3) is 22.0 Å². The highest BCUT2D eigenvalue weighted by atomic mass is 14.7. The van der Waals surface area contributed by atoms with Crippen molar-refractivity contribution >= 4 is 16.6 Å². The van der Waals surface area contributed by atoms with Crippen molar-refractivity contribution in [1.29, 1.82) is 0 Å². The Morgan fingerprint density at radius 1 is 1.00 bits per heavy atom. The third-order valence-corrected chi connectivity index (χ3v) is 3.59. The summed E-state index contributed by atoms with van der Waals surface area (Å²) in [5.74, 6) is 0.563. The first kappa shape index (κ1) is 11.8. The SMILES string of the molecule is CC(C)c1ccc(-c2c[nH]c3ccc(N)cc23)cc1. The van der Waals surface area contributed by atoms with Gasteiger partial charge in [-0.05, 0) is 35.2 Å². The second-order valence-corrected chi connectivity index (χ2v) is 5.28. The molecular formula is C17H18N2. The van der Waals surface area contributed by atoms with Crippen LogP contribution in [0.3, 0.4) is 0 Å². The Kier molecular flexibility index (Phi) is 2.79. The molecule has 0 unspecified atom stereocenters. The van der Waals surface area contributed by atoms with Gasteiger partial charge in [0.25, 0.3) is 0 Å². The highest BCUT2D eigenvalue weighted by molar-refractivity contribution is 5.97. The maximum Gasteiger partial charge on any atom is 0.0461 e. The minimum Gasteiger partial charge on any atom is -0.399 e. The van der Waals surface area contributed by atoms with Crippen molar-refractivity contribution in [2.45, 2.75) is 19.8 Å². The number of nitrogens with one attached hydrogen (secondary N) is 1. The van der Waals surface area contributed by atoms with Crippen LogP contribution in [0.15, 0.2) is 48.7 Å². The normalized spacial score (nSPS) is 11.3. The van der Waals surface area contributed by atoms with E-state index in [0.29, 0.717) is 5.92 Å². The number of benzene rings is 2. The van der Waals surface area contributed by atoms with Crippen LogP contribution in [0.4, 0.5) is 5.69 Å². The lowest BCUT2D eigenvalue weighted by molar-refractivity contribution is 0.867. The second kappa shape index (κ2) is 4.47. The van der Waals surface area contributed by atoms with Gasteiger partial charge in [-0.2, -0.15) is 0 Å². The van der Waals surface area contributed by atoms with E-state index in [4.69, 9.17) is 5.73 Å². The summed E-state index contributed by atoms with van der Waals surface area (Å²) in [5, 5.41) is 1.18. The van der Waals surface area contributed by atoms with Crippen molar-refractivity contribution < 1.29 is 0 Å². The van der Waals surface area contributed by atoms with Crippen molar-refractivity contribution in [2.75, 3.05) is 5.73 Å². The summed E-state index contributed by atoms with van der Waals surface area (Å²) in [5.41, 5.74) is 11.6. The molecule has 1 heterocycles. The molecule has 3 aromatic rings. The summed E-state index contributed by atoms with van der Waals surface area (Å²) in [7, 11) is 0. The van der Waals surface area contributed by atoms with Crippen molar-refractivity contribution in [2.24, 2.45) is 0 Å². The molecule has 0 aliphatic rings. The second-order valence-electron chi connectivity index (χ2n) is 5.28. The summed E-state index contributed by atoms with van der Waals surface area (Å²) >= 11 is 0. The highest BCUT2D eigenvalue weighted by Gasteiger charge is 2.07. The molecule has 2 aromatic carbocycles. The molecule has 3 rings (SSSR count). The van der Waals surface area contributed by atoms with E-state index in [9.17, 15) is 0 Å². The molecule has 0 amide bonds. The molecule has 2 heteroatoms. The molecule has 0 aliphatic heterocycles. The summed E-state index contributed by atoms with van der Waals surface area (Å²) in [6.45, 7) is 4.42. The average molecular weight is 250 g/mol. The van der Waals surface area contributed by atoms with Crippen LogP contribution in [0.5, 0.6) is 0 Å². The van der Waals surface area contributed by atoms with E-state index in [1.807, 2.05) is 18.2 Å². The standard InChI is InChI=1S/C17H18N2/c1-11(2)12-3-5-13(6-4-12)16-10-19-17-8-7-14(18)9-15(16)17/h3-11,19H,18H2,1-2H3. The van der Waals surface area contributed by atoms with Gasteiger partial charge < -0.3 is 10.7 Å². The van der Waals surface area contributed by atoms with E-state index in [-0.39, 0.29) is 0 Å². The van der Waals surface area contributed by atoms with Crippen LogP contribution in [0.2, 0.25) is 0 Å². The quantitative estimate of drug-likeness (QED) is 0.644. The van der Waals surface area contributed by atoms with Gasteiger partial charge in [-0.3, -0.25) is 0 Å². The molecule has 0 saturated heterocycles. The van der Waals surface area contributed by atoms with Gasteiger partial charge in [0.15, 0.2) is 0 Å². The average Bonchev–Trinajstić information content (AvgIpc) is 2.81. The fraction of sp³-hybridized carbons (Fsp3) is 0.176. The molecule has 2 nitrogen and oxygen atoms in total. The van der Waals surface area contributed by atoms with Crippen molar-refractivity contribution in [1.82, 2.24) is 4.98 Å². The monoisotopic (exact) mass is 250 g/mol. The topological polar surface area (TPSA) is 41.8 Å². The maximum atomic E-state index is 5.88. The van der Waals surface area contributed by atoms with E-state index in [2.05, 4.69) is 49.3 Å². The Morgan fingerprint density at radius 2 is 1.74 bits per heavy atom. The first-order valence-electron chi connectivity index (χ1n) is 6.62. The number of fused-ring (bicyclic) bond motifs is 1. The Bertz CT molecular complexity index is 706. The molecule has 96 valence electrons. The minimum atomic E-state index is 0.563. The van der Waals surface area contributed by atoms with Crippen LogP contribution < -0.4 is 5.73 Å². The zero-order chi connectivity index (χ0) is 13.4. The molecule has 0 atom stereocenters. The van der Waals surface area contributed by atoms with Crippen LogP contribution in [0, 0.1) is 0 Å². The number of aromatic amines is 1. The lowest BCUT2D eigenvalue weighted by Crippen LogP contribution is -1.86. The van der Waals surface area contributed by atoms with Gasteiger partial charge in [0, 0.05) is 28.4 Å². The Hall–Kier alpha value is -2.22. The molecule has 3 N–H and O–H groups in total. The first-order valence-corrected chi connectivity index (χ1v) is 6.62. The first-order chi connectivity index (χ1) is 9.15. The number of aromatic nitrogens is 1. The van der Waals surface area contributed by atoms with Crippen LogP contribution >= 0.6 is 0 Å². The fourth-order valence-electron chi connectivity index (χ4n) is 2.42. The van der Waals surface area contributed by atoms with Gasteiger partial charge in [0.1, 0.15) is 0 Å². The van der Waals surface area contributed by atoms with E-state index < -0.39 is 0 Å². The third kappa shape index (κ3) is 2.10.